The summed E-state index contributed by atoms with van der Waals surface area (Å²) in [5, 5.41) is 3.70. The van der Waals surface area contributed by atoms with Crippen molar-refractivity contribution in [1.82, 2.24) is 10.2 Å². The lowest BCUT2D eigenvalue weighted by Crippen LogP contribution is -2.43. The lowest BCUT2D eigenvalue weighted by Gasteiger charge is -2.29. The Kier molecular flexibility index (Phi) is 3.26. The summed E-state index contributed by atoms with van der Waals surface area (Å²) in [5.41, 5.74) is -0.139. The lowest BCUT2D eigenvalue weighted by molar-refractivity contribution is -0.131. The second-order valence-electron chi connectivity index (χ2n) is 7.23. The fourth-order valence-corrected chi connectivity index (χ4v) is 4.33. The molecule has 4 aliphatic rings. The van der Waals surface area contributed by atoms with E-state index in [1.165, 1.54) is 32.1 Å². The van der Waals surface area contributed by atoms with Gasteiger partial charge in [0.25, 0.3) is 0 Å². The first kappa shape index (κ1) is 13.1. The molecule has 0 bridgehead atoms. The van der Waals surface area contributed by atoms with Crippen LogP contribution in [0.4, 0.5) is 0 Å². The number of carbonyl (C=O) groups is 1. The van der Waals surface area contributed by atoms with Gasteiger partial charge in [-0.3, -0.25) is 10.1 Å². The number of ether oxygens (including phenoxy) is 1. The number of hydrogen-bond donors (Lipinski definition) is 1. The highest BCUT2D eigenvalue weighted by Gasteiger charge is 2.60. The average Bonchev–Trinajstić information content (AvgIpc) is 2.90. The van der Waals surface area contributed by atoms with Crippen molar-refractivity contribution in [2.75, 3.05) is 19.8 Å². The summed E-state index contributed by atoms with van der Waals surface area (Å²) in [6.07, 6.45) is 10.0. The molecular formula is C16H26N2O2. The van der Waals surface area contributed by atoms with Gasteiger partial charge in [0.05, 0.1) is 11.7 Å². The van der Waals surface area contributed by atoms with Crippen molar-refractivity contribution < 1.29 is 9.53 Å². The van der Waals surface area contributed by atoms with E-state index in [0.29, 0.717) is 23.9 Å². The van der Waals surface area contributed by atoms with Crippen LogP contribution in [0.25, 0.3) is 0 Å². The molecule has 2 aliphatic heterocycles. The molecule has 2 heterocycles. The van der Waals surface area contributed by atoms with Gasteiger partial charge >= 0.3 is 0 Å². The first-order valence-corrected chi connectivity index (χ1v) is 8.45. The molecule has 112 valence electrons. The second kappa shape index (κ2) is 4.99. The molecule has 20 heavy (non-hydrogen) atoms. The third kappa shape index (κ3) is 2.17. The van der Waals surface area contributed by atoms with Crippen LogP contribution < -0.4 is 5.32 Å². The van der Waals surface area contributed by atoms with Crippen LogP contribution in [-0.4, -0.2) is 42.3 Å². The van der Waals surface area contributed by atoms with Crippen LogP contribution in [0.2, 0.25) is 0 Å². The Morgan fingerprint density at radius 2 is 2.05 bits per heavy atom. The SMILES string of the molecule is O=C1N(CCC2CCOC2)C(C2CCCC2)NC12CC2. The van der Waals surface area contributed by atoms with Gasteiger partial charge in [0.15, 0.2) is 0 Å². The third-order valence-electron chi connectivity index (χ3n) is 5.83. The van der Waals surface area contributed by atoms with Gasteiger partial charge in [-0.25, -0.2) is 0 Å². The van der Waals surface area contributed by atoms with E-state index in [9.17, 15) is 4.79 Å². The molecule has 2 atom stereocenters. The number of hydrogen-bond acceptors (Lipinski definition) is 3. The number of carbonyl (C=O) groups excluding carboxylic acids is 1. The van der Waals surface area contributed by atoms with Crippen molar-refractivity contribution in [3.63, 3.8) is 0 Å². The molecule has 4 fully saturated rings. The Labute approximate surface area is 121 Å². The first-order chi connectivity index (χ1) is 9.78. The van der Waals surface area contributed by atoms with Crippen LogP contribution >= 0.6 is 0 Å². The molecule has 4 heteroatoms. The van der Waals surface area contributed by atoms with E-state index in [2.05, 4.69) is 10.2 Å². The maximum atomic E-state index is 12.7. The monoisotopic (exact) mass is 278 g/mol. The average molecular weight is 278 g/mol. The van der Waals surface area contributed by atoms with E-state index in [-0.39, 0.29) is 5.54 Å². The van der Waals surface area contributed by atoms with Crippen LogP contribution in [0.1, 0.15) is 51.4 Å². The minimum atomic E-state index is -0.139. The number of rotatable bonds is 4. The summed E-state index contributed by atoms with van der Waals surface area (Å²) >= 11 is 0. The molecule has 1 spiro atoms. The molecule has 1 amide bonds. The van der Waals surface area contributed by atoms with Crippen molar-refractivity contribution in [3.05, 3.63) is 0 Å². The summed E-state index contributed by atoms with van der Waals surface area (Å²) in [6.45, 7) is 2.74. The van der Waals surface area contributed by atoms with Gasteiger partial charge < -0.3 is 9.64 Å². The topological polar surface area (TPSA) is 41.6 Å². The van der Waals surface area contributed by atoms with Gasteiger partial charge in [-0.2, -0.15) is 0 Å². The fraction of sp³-hybridized carbons (Fsp3) is 0.938. The van der Waals surface area contributed by atoms with E-state index in [1.807, 2.05) is 0 Å². The smallest absolute Gasteiger partial charge is 0.244 e. The van der Waals surface area contributed by atoms with Crippen LogP contribution in [0.5, 0.6) is 0 Å². The number of nitrogens with zero attached hydrogens (tertiary/aromatic N) is 1. The molecule has 2 saturated carbocycles. The molecule has 2 saturated heterocycles. The highest BCUT2D eigenvalue weighted by molar-refractivity contribution is 5.91. The molecule has 4 nitrogen and oxygen atoms in total. The summed E-state index contributed by atoms with van der Waals surface area (Å²) in [4.78, 5) is 14.9. The first-order valence-electron chi connectivity index (χ1n) is 8.45. The third-order valence-corrected chi connectivity index (χ3v) is 5.83. The second-order valence-corrected chi connectivity index (χ2v) is 7.23. The van der Waals surface area contributed by atoms with Crippen molar-refractivity contribution in [2.45, 2.75) is 63.1 Å². The fourth-order valence-electron chi connectivity index (χ4n) is 4.33. The highest BCUT2D eigenvalue weighted by Crippen LogP contribution is 2.45. The predicted octanol–water partition coefficient (Wildman–Crippen LogP) is 1.89. The molecular weight excluding hydrogens is 252 g/mol. The van der Waals surface area contributed by atoms with Crippen LogP contribution in [-0.2, 0) is 9.53 Å². The standard InChI is InChI=1S/C16H26N2O2/c19-15-16(7-8-16)17-14(13-3-1-2-4-13)18(15)9-5-12-6-10-20-11-12/h12-14,17H,1-11H2. The summed E-state index contributed by atoms with van der Waals surface area (Å²) in [5.74, 6) is 1.76. The zero-order valence-electron chi connectivity index (χ0n) is 12.3. The number of nitrogens with one attached hydrogen (secondary N) is 1. The van der Waals surface area contributed by atoms with Crippen molar-refractivity contribution in [3.8, 4) is 0 Å². The van der Waals surface area contributed by atoms with Gasteiger partial charge in [0.1, 0.15) is 0 Å². The Balaban J connectivity index is 1.43. The Morgan fingerprint density at radius 1 is 1.25 bits per heavy atom. The highest BCUT2D eigenvalue weighted by atomic mass is 16.5. The van der Waals surface area contributed by atoms with Crippen LogP contribution in [0, 0.1) is 11.8 Å². The van der Waals surface area contributed by atoms with Crippen molar-refractivity contribution in [2.24, 2.45) is 11.8 Å². The van der Waals surface area contributed by atoms with E-state index >= 15 is 0 Å². The molecule has 0 aromatic rings. The van der Waals surface area contributed by atoms with Gasteiger partial charge in [0.2, 0.25) is 5.91 Å². The molecule has 0 aromatic heterocycles. The van der Waals surface area contributed by atoms with Crippen molar-refractivity contribution in [1.29, 1.82) is 0 Å². The van der Waals surface area contributed by atoms with E-state index in [0.717, 1.165) is 39.0 Å². The maximum Gasteiger partial charge on any atom is 0.244 e. The zero-order chi connectivity index (χ0) is 13.6. The number of amides is 1. The summed E-state index contributed by atoms with van der Waals surface area (Å²) in [6, 6.07) is 0. The minimum absolute atomic E-state index is 0.139. The molecule has 4 rings (SSSR count). The largest absolute Gasteiger partial charge is 0.381 e. The van der Waals surface area contributed by atoms with E-state index < -0.39 is 0 Å². The zero-order valence-corrected chi connectivity index (χ0v) is 12.3. The normalized spacial score (nSPS) is 36.4. The molecule has 0 aromatic carbocycles. The van der Waals surface area contributed by atoms with Crippen LogP contribution in [0.3, 0.4) is 0 Å². The quantitative estimate of drug-likeness (QED) is 0.854. The Morgan fingerprint density at radius 3 is 2.70 bits per heavy atom. The predicted molar refractivity (Wildman–Crippen MR) is 76.1 cm³/mol. The van der Waals surface area contributed by atoms with Crippen LogP contribution in [0.15, 0.2) is 0 Å². The van der Waals surface area contributed by atoms with E-state index in [4.69, 9.17) is 4.74 Å². The molecule has 0 radical (unpaired) electrons. The maximum absolute atomic E-state index is 12.7. The lowest BCUT2D eigenvalue weighted by atomic mass is 10.0. The molecule has 2 unspecified atom stereocenters. The van der Waals surface area contributed by atoms with Gasteiger partial charge in [-0.15, -0.1) is 0 Å². The minimum Gasteiger partial charge on any atom is -0.381 e. The molecule has 1 N–H and O–H groups in total. The van der Waals surface area contributed by atoms with Crippen molar-refractivity contribution >= 4 is 5.91 Å². The van der Waals surface area contributed by atoms with Gasteiger partial charge in [0, 0.05) is 19.8 Å². The summed E-state index contributed by atoms with van der Waals surface area (Å²) in [7, 11) is 0. The summed E-state index contributed by atoms with van der Waals surface area (Å²) < 4.78 is 5.46. The van der Waals surface area contributed by atoms with Gasteiger partial charge in [-0.1, -0.05) is 12.8 Å². The Hall–Kier alpha value is -0.610. The Bertz CT molecular complexity index is 382. The molecule has 2 aliphatic carbocycles. The van der Waals surface area contributed by atoms with Gasteiger partial charge in [-0.05, 0) is 50.4 Å². The van der Waals surface area contributed by atoms with E-state index in [1.54, 1.807) is 0 Å².